The van der Waals surface area contributed by atoms with E-state index in [9.17, 15) is 13.2 Å². The fourth-order valence-electron chi connectivity index (χ4n) is 2.67. The molecule has 136 valence electrons. The molecule has 0 radical (unpaired) electrons. The lowest BCUT2D eigenvalue weighted by Gasteiger charge is -2.33. The van der Waals surface area contributed by atoms with Gasteiger partial charge in [0, 0.05) is 45.6 Å². The summed E-state index contributed by atoms with van der Waals surface area (Å²) < 4.78 is 29.4. The van der Waals surface area contributed by atoms with Gasteiger partial charge in [0.05, 0.1) is 16.9 Å². The van der Waals surface area contributed by atoms with Crippen LogP contribution in [0.15, 0.2) is 23.5 Å². The second-order valence-corrected chi connectivity index (χ2v) is 8.24. The van der Waals surface area contributed by atoms with Crippen molar-refractivity contribution in [2.24, 2.45) is 7.05 Å². The van der Waals surface area contributed by atoms with Crippen LogP contribution >= 0.6 is 11.6 Å². The van der Waals surface area contributed by atoms with Crippen LogP contribution in [-0.4, -0.2) is 69.3 Å². The van der Waals surface area contributed by atoms with Crippen LogP contribution in [0.5, 0.6) is 0 Å². The summed E-state index contributed by atoms with van der Waals surface area (Å²) >= 11 is 5.94. The van der Waals surface area contributed by atoms with Gasteiger partial charge in [0.1, 0.15) is 11.4 Å². The number of nitrogens with zero attached hydrogens (tertiary/aromatic N) is 6. The van der Waals surface area contributed by atoms with E-state index in [2.05, 4.69) is 10.2 Å². The van der Waals surface area contributed by atoms with E-state index in [4.69, 9.17) is 11.6 Å². The van der Waals surface area contributed by atoms with E-state index in [-0.39, 0.29) is 30.4 Å². The molecule has 0 N–H and O–H groups in total. The van der Waals surface area contributed by atoms with Crippen molar-refractivity contribution < 1.29 is 13.2 Å². The molecule has 0 aliphatic carbocycles. The molecule has 2 aromatic heterocycles. The summed E-state index contributed by atoms with van der Waals surface area (Å²) in [5.74, 6) is -0.113. The molecule has 3 rings (SSSR count). The predicted molar refractivity (Wildman–Crippen MR) is 90.5 cm³/mol. The topological polar surface area (TPSA) is 93.3 Å². The van der Waals surface area contributed by atoms with Crippen molar-refractivity contribution in [2.45, 2.75) is 18.4 Å². The van der Waals surface area contributed by atoms with Crippen molar-refractivity contribution in [1.29, 1.82) is 0 Å². The lowest BCUT2D eigenvalue weighted by atomic mass is 10.3. The minimum atomic E-state index is -3.57. The van der Waals surface area contributed by atoms with E-state index >= 15 is 0 Å². The van der Waals surface area contributed by atoms with Gasteiger partial charge in [-0.1, -0.05) is 11.6 Å². The molecule has 2 aromatic rings. The van der Waals surface area contributed by atoms with Crippen LogP contribution in [0.3, 0.4) is 0 Å². The summed E-state index contributed by atoms with van der Waals surface area (Å²) in [6, 6.07) is 0. The third-order valence-corrected chi connectivity index (χ3v) is 6.32. The largest absolute Gasteiger partial charge is 0.338 e. The Morgan fingerprint density at radius 1 is 1.24 bits per heavy atom. The number of aryl methyl sites for hydroxylation is 2. The highest BCUT2D eigenvalue weighted by Crippen LogP contribution is 2.17. The first-order valence-corrected chi connectivity index (χ1v) is 9.55. The highest BCUT2D eigenvalue weighted by atomic mass is 35.5. The molecule has 1 aliphatic rings. The summed E-state index contributed by atoms with van der Waals surface area (Å²) in [5.41, 5.74) is 0.668. The number of carbonyl (C=O) groups excluding carboxylic acids is 1. The summed E-state index contributed by atoms with van der Waals surface area (Å²) in [7, 11) is -1.91. The Morgan fingerprint density at radius 3 is 2.44 bits per heavy atom. The molecule has 0 aromatic carbocycles. The van der Waals surface area contributed by atoms with Gasteiger partial charge >= 0.3 is 0 Å². The number of hydrogen-bond acceptors (Lipinski definition) is 5. The molecule has 0 spiro atoms. The highest BCUT2D eigenvalue weighted by Gasteiger charge is 2.31. The molecular formula is C14H19ClN6O3S. The Morgan fingerprint density at radius 2 is 1.92 bits per heavy atom. The monoisotopic (exact) mass is 386 g/mol. The Balaban J connectivity index is 1.60. The first-order valence-electron chi connectivity index (χ1n) is 7.73. The van der Waals surface area contributed by atoms with E-state index in [1.54, 1.807) is 25.1 Å². The summed E-state index contributed by atoms with van der Waals surface area (Å²) in [6.45, 7) is 3.04. The van der Waals surface area contributed by atoms with Gasteiger partial charge < -0.3 is 4.90 Å². The second kappa shape index (κ2) is 6.77. The van der Waals surface area contributed by atoms with Crippen LogP contribution in [0.4, 0.5) is 0 Å². The first kappa shape index (κ1) is 17.9. The molecule has 0 unspecified atom stereocenters. The average Bonchev–Trinajstić information content (AvgIpc) is 3.14. The van der Waals surface area contributed by atoms with Crippen molar-refractivity contribution in [1.82, 2.24) is 28.8 Å². The van der Waals surface area contributed by atoms with E-state index in [1.807, 2.05) is 0 Å². The van der Waals surface area contributed by atoms with Crippen molar-refractivity contribution in [3.8, 4) is 0 Å². The average molecular weight is 387 g/mol. The molecular weight excluding hydrogens is 368 g/mol. The van der Waals surface area contributed by atoms with Crippen LogP contribution < -0.4 is 0 Å². The van der Waals surface area contributed by atoms with Crippen molar-refractivity contribution >= 4 is 27.5 Å². The minimum absolute atomic E-state index is 0.0862. The van der Waals surface area contributed by atoms with Crippen LogP contribution in [0, 0.1) is 6.92 Å². The van der Waals surface area contributed by atoms with E-state index in [0.29, 0.717) is 23.8 Å². The van der Waals surface area contributed by atoms with Gasteiger partial charge in [-0.2, -0.15) is 14.5 Å². The number of hydrogen-bond donors (Lipinski definition) is 0. The minimum Gasteiger partial charge on any atom is -0.338 e. The molecule has 0 bridgehead atoms. The fraction of sp³-hybridized carbons (Fsp3) is 0.500. The number of rotatable bonds is 4. The number of amides is 1. The quantitative estimate of drug-likeness (QED) is 0.743. The van der Waals surface area contributed by atoms with E-state index in [0.717, 1.165) is 0 Å². The van der Waals surface area contributed by atoms with E-state index < -0.39 is 10.0 Å². The van der Waals surface area contributed by atoms with Gasteiger partial charge in [0.15, 0.2) is 0 Å². The second-order valence-electron chi connectivity index (χ2n) is 5.89. The predicted octanol–water partition coefficient (Wildman–Crippen LogP) is 0.112. The van der Waals surface area contributed by atoms with Crippen molar-refractivity contribution in [3.05, 3.63) is 29.3 Å². The molecule has 1 amide bonds. The van der Waals surface area contributed by atoms with Crippen LogP contribution in [-0.2, 0) is 28.4 Å². The molecule has 11 heteroatoms. The summed E-state index contributed by atoms with van der Waals surface area (Å²) in [6.07, 6.45) is 4.41. The maximum atomic E-state index is 12.5. The van der Waals surface area contributed by atoms with Crippen molar-refractivity contribution in [3.63, 3.8) is 0 Å². The van der Waals surface area contributed by atoms with Crippen LogP contribution in [0.25, 0.3) is 0 Å². The van der Waals surface area contributed by atoms with Crippen LogP contribution in [0.1, 0.15) is 5.69 Å². The molecule has 1 fully saturated rings. The zero-order valence-electron chi connectivity index (χ0n) is 14.0. The van der Waals surface area contributed by atoms with Gasteiger partial charge in [-0.25, -0.2) is 8.42 Å². The third-order valence-electron chi connectivity index (χ3n) is 4.09. The number of halogens is 1. The zero-order chi connectivity index (χ0) is 18.2. The molecule has 3 heterocycles. The lowest BCUT2D eigenvalue weighted by Crippen LogP contribution is -2.51. The molecule has 1 aliphatic heterocycles. The molecule has 0 atom stereocenters. The van der Waals surface area contributed by atoms with Gasteiger partial charge in [-0.15, -0.1) is 0 Å². The highest BCUT2D eigenvalue weighted by molar-refractivity contribution is 7.89. The Bertz CT molecular complexity index is 863. The molecule has 1 saturated heterocycles. The normalized spacial score (nSPS) is 16.4. The molecule has 9 nitrogen and oxygen atoms in total. The lowest BCUT2D eigenvalue weighted by molar-refractivity contribution is -0.133. The number of piperazine rings is 1. The molecule has 25 heavy (non-hydrogen) atoms. The first-order chi connectivity index (χ1) is 11.8. The maximum absolute atomic E-state index is 12.5. The smallest absolute Gasteiger partial charge is 0.246 e. The SMILES string of the molecule is Cc1nn(CC(=O)N2CCN(S(=O)(=O)c3cnn(C)c3)CC2)cc1Cl. The standard InChI is InChI=1S/C14H19ClN6O3S/c1-11-13(15)9-20(17-11)10-14(22)19-3-5-21(6-4-19)25(23,24)12-7-16-18(2)8-12/h7-9H,3-6,10H2,1-2H3. The summed E-state index contributed by atoms with van der Waals surface area (Å²) in [4.78, 5) is 14.2. The maximum Gasteiger partial charge on any atom is 0.246 e. The number of carbonyl (C=O) groups is 1. The van der Waals surface area contributed by atoms with Crippen molar-refractivity contribution in [2.75, 3.05) is 26.2 Å². The fourth-order valence-corrected chi connectivity index (χ4v) is 4.23. The van der Waals surface area contributed by atoms with Gasteiger partial charge in [-0.3, -0.25) is 14.2 Å². The van der Waals surface area contributed by atoms with E-state index in [1.165, 1.54) is 26.1 Å². The number of aromatic nitrogens is 4. The van der Waals surface area contributed by atoms with Gasteiger partial charge in [-0.05, 0) is 6.92 Å². The Labute approximate surface area is 150 Å². The Hall–Kier alpha value is -1.91. The van der Waals surface area contributed by atoms with Gasteiger partial charge in [0.2, 0.25) is 15.9 Å². The Kier molecular flexibility index (Phi) is 4.85. The number of sulfonamides is 1. The van der Waals surface area contributed by atoms with Gasteiger partial charge in [0.25, 0.3) is 0 Å². The van der Waals surface area contributed by atoms with Crippen LogP contribution in [0.2, 0.25) is 5.02 Å². The zero-order valence-corrected chi connectivity index (χ0v) is 15.5. The molecule has 0 saturated carbocycles. The third kappa shape index (κ3) is 3.70. The summed E-state index contributed by atoms with van der Waals surface area (Å²) in [5, 5.41) is 8.58.